The van der Waals surface area contributed by atoms with Crippen LogP contribution in [0.25, 0.3) is 0 Å². The number of amides is 1. The third kappa shape index (κ3) is 3.70. The van der Waals surface area contributed by atoms with Crippen LogP contribution in [0.1, 0.15) is 57.3 Å². The van der Waals surface area contributed by atoms with Crippen LogP contribution in [0, 0.1) is 5.41 Å². The van der Waals surface area contributed by atoms with Crippen LogP contribution in [0.3, 0.4) is 0 Å². The van der Waals surface area contributed by atoms with Gasteiger partial charge in [-0.2, -0.15) is 0 Å². The predicted molar refractivity (Wildman–Crippen MR) is 104 cm³/mol. The second-order valence-corrected chi connectivity index (χ2v) is 9.37. The van der Waals surface area contributed by atoms with Gasteiger partial charge in [-0.3, -0.25) is 4.98 Å². The lowest BCUT2D eigenvalue weighted by atomic mass is 9.63. The lowest BCUT2D eigenvalue weighted by Crippen LogP contribution is -2.62. The molecular weight excluding hydrogens is 358 g/mol. The average molecular weight is 389 g/mol. The molecule has 3 aliphatic rings. The number of rotatable bonds is 4. The normalized spacial score (nSPS) is 23.6. The minimum atomic E-state index is -0.563. The van der Waals surface area contributed by atoms with E-state index in [0.717, 1.165) is 42.9 Å². The van der Waals surface area contributed by atoms with Gasteiger partial charge in [-0.1, -0.05) is 0 Å². The van der Waals surface area contributed by atoms with Crippen LogP contribution in [0.4, 0.5) is 4.79 Å². The van der Waals surface area contributed by atoms with Crippen molar-refractivity contribution in [1.29, 1.82) is 0 Å². The summed E-state index contributed by atoms with van der Waals surface area (Å²) in [6.07, 6.45) is 4.87. The van der Waals surface area contributed by atoms with Crippen molar-refractivity contribution in [2.45, 2.75) is 64.2 Å². The largest absolute Gasteiger partial charge is 0.490 e. The first-order chi connectivity index (χ1) is 13.3. The van der Waals surface area contributed by atoms with Crippen molar-refractivity contribution < 1.29 is 19.4 Å². The van der Waals surface area contributed by atoms with Crippen LogP contribution in [0.5, 0.6) is 5.75 Å². The summed E-state index contributed by atoms with van der Waals surface area (Å²) >= 11 is 0. The molecule has 0 bridgehead atoms. The van der Waals surface area contributed by atoms with Crippen molar-refractivity contribution in [3.8, 4) is 5.75 Å². The Labute approximate surface area is 166 Å². The van der Waals surface area contributed by atoms with Crippen LogP contribution in [0.2, 0.25) is 0 Å². The smallest absolute Gasteiger partial charge is 0.410 e. The number of carbonyl (C=O) groups excluding carboxylic acids is 1. The zero-order valence-corrected chi connectivity index (χ0v) is 17.0. The number of nitrogens with one attached hydrogen (secondary N) is 1. The Morgan fingerprint density at radius 3 is 2.75 bits per heavy atom. The topological polar surface area (TPSA) is 83.9 Å². The molecule has 1 aliphatic carbocycles. The molecule has 1 saturated heterocycles. The molecule has 0 radical (unpaired) electrons. The van der Waals surface area contributed by atoms with Gasteiger partial charge >= 0.3 is 6.09 Å². The van der Waals surface area contributed by atoms with Crippen LogP contribution in [0.15, 0.2) is 12.3 Å². The number of fused-ring (bicyclic) bond motifs is 1. The summed E-state index contributed by atoms with van der Waals surface area (Å²) < 4.78 is 12.0. The third-order valence-electron chi connectivity index (χ3n) is 5.98. The van der Waals surface area contributed by atoms with Gasteiger partial charge in [-0.05, 0) is 46.1 Å². The zero-order chi connectivity index (χ0) is 19.9. The Bertz CT molecular complexity index is 734. The van der Waals surface area contributed by atoms with E-state index in [2.05, 4.69) is 10.3 Å². The van der Waals surface area contributed by atoms with Crippen molar-refractivity contribution in [1.82, 2.24) is 15.2 Å². The van der Waals surface area contributed by atoms with E-state index in [-0.39, 0.29) is 24.8 Å². The fourth-order valence-electron chi connectivity index (χ4n) is 4.59. The molecule has 1 unspecified atom stereocenters. The van der Waals surface area contributed by atoms with E-state index in [1.54, 1.807) is 11.1 Å². The quantitative estimate of drug-likeness (QED) is 0.823. The number of aliphatic hydroxyl groups is 1. The van der Waals surface area contributed by atoms with Crippen molar-refractivity contribution in [3.63, 3.8) is 0 Å². The van der Waals surface area contributed by atoms with Crippen LogP contribution < -0.4 is 10.1 Å². The van der Waals surface area contributed by atoms with E-state index < -0.39 is 5.60 Å². The Morgan fingerprint density at radius 1 is 1.39 bits per heavy atom. The van der Waals surface area contributed by atoms with Crippen molar-refractivity contribution in [3.05, 3.63) is 23.5 Å². The summed E-state index contributed by atoms with van der Waals surface area (Å²) in [5.41, 5.74) is 1.76. The lowest BCUT2D eigenvalue weighted by molar-refractivity contribution is -0.0507. The molecule has 1 spiro atoms. The number of hydrogen-bond acceptors (Lipinski definition) is 6. The summed E-state index contributed by atoms with van der Waals surface area (Å²) in [6, 6.07) is 1.61. The summed E-state index contributed by atoms with van der Waals surface area (Å²) in [5.74, 6) is 0.795. The van der Waals surface area contributed by atoms with Gasteiger partial charge in [0.25, 0.3) is 0 Å². The van der Waals surface area contributed by atoms with Crippen molar-refractivity contribution in [2.24, 2.45) is 5.41 Å². The van der Waals surface area contributed by atoms with Crippen LogP contribution in [-0.2, 0) is 11.2 Å². The summed E-state index contributed by atoms with van der Waals surface area (Å²) in [5, 5.41) is 13.0. The number of ether oxygens (including phenoxy) is 2. The first-order valence-corrected chi connectivity index (χ1v) is 10.3. The summed E-state index contributed by atoms with van der Waals surface area (Å²) in [4.78, 5) is 19.1. The maximum absolute atomic E-state index is 12.8. The molecule has 2 N–H and O–H groups in total. The third-order valence-corrected chi connectivity index (χ3v) is 5.98. The molecule has 2 aliphatic heterocycles. The zero-order valence-electron chi connectivity index (χ0n) is 17.0. The first kappa shape index (κ1) is 19.5. The van der Waals surface area contributed by atoms with Gasteiger partial charge in [-0.15, -0.1) is 0 Å². The van der Waals surface area contributed by atoms with Gasteiger partial charge in [0.05, 0.1) is 17.8 Å². The molecule has 2 fully saturated rings. The number of aliphatic hydroxyl groups excluding tert-OH is 1. The highest BCUT2D eigenvalue weighted by atomic mass is 16.6. The SMILES string of the molecule is CC(C)(C)OC(=O)N1CCc2nccc(OC3CC4(CNC4)C3)c2C1CCO. The van der Waals surface area contributed by atoms with E-state index in [1.165, 1.54) is 0 Å². The molecule has 7 nitrogen and oxygen atoms in total. The van der Waals surface area contributed by atoms with E-state index in [4.69, 9.17) is 9.47 Å². The minimum Gasteiger partial charge on any atom is -0.490 e. The van der Waals surface area contributed by atoms with Gasteiger partial charge in [0.15, 0.2) is 0 Å². The second-order valence-electron chi connectivity index (χ2n) is 9.37. The fraction of sp³-hybridized carbons (Fsp3) is 0.714. The highest BCUT2D eigenvalue weighted by molar-refractivity contribution is 5.70. The van der Waals surface area contributed by atoms with E-state index in [1.807, 2.05) is 26.8 Å². The maximum Gasteiger partial charge on any atom is 0.410 e. The number of pyridine rings is 1. The molecule has 1 amide bonds. The van der Waals surface area contributed by atoms with E-state index in [9.17, 15) is 9.90 Å². The molecule has 1 aromatic rings. The van der Waals surface area contributed by atoms with Gasteiger partial charge in [0.1, 0.15) is 11.4 Å². The highest BCUT2D eigenvalue weighted by Crippen LogP contribution is 2.47. The van der Waals surface area contributed by atoms with Crippen LogP contribution >= 0.6 is 0 Å². The Kier molecular flexibility index (Phi) is 5.00. The lowest BCUT2D eigenvalue weighted by Gasteiger charge is -2.54. The highest BCUT2D eigenvalue weighted by Gasteiger charge is 2.50. The summed E-state index contributed by atoms with van der Waals surface area (Å²) in [6.45, 7) is 8.27. The van der Waals surface area contributed by atoms with Crippen molar-refractivity contribution >= 4 is 6.09 Å². The number of nitrogens with zero attached hydrogens (tertiary/aromatic N) is 2. The van der Waals surface area contributed by atoms with Gasteiger partial charge in [-0.25, -0.2) is 4.79 Å². The standard InChI is InChI=1S/C21H31N3O4/c1-20(2,3)28-19(26)24-8-5-15-18(16(24)6-9-25)17(4-7-23-15)27-14-10-21(11-14)12-22-13-21/h4,7,14,16,22,25H,5-6,8-13H2,1-3H3. The monoisotopic (exact) mass is 389 g/mol. The van der Waals surface area contributed by atoms with Crippen molar-refractivity contribution in [2.75, 3.05) is 26.2 Å². The predicted octanol–water partition coefficient (Wildman–Crippen LogP) is 2.43. The molecule has 7 heteroatoms. The van der Waals surface area contributed by atoms with Gasteiger partial charge in [0, 0.05) is 49.8 Å². The van der Waals surface area contributed by atoms with E-state index >= 15 is 0 Å². The Balaban J connectivity index is 1.56. The van der Waals surface area contributed by atoms with Gasteiger partial charge < -0.3 is 24.8 Å². The van der Waals surface area contributed by atoms with Gasteiger partial charge in [0.2, 0.25) is 0 Å². The average Bonchev–Trinajstić information content (AvgIpc) is 2.54. The number of carbonyl (C=O) groups is 1. The molecule has 1 saturated carbocycles. The molecule has 0 aromatic carbocycles. The second kappa shape index (κ2) is 7.19. The molecule has 154 valence electrons. The number of aromatic nitrogens is 1. The van der Waals surface area contributed by atoms with Crippen LogP contribution in [-0.4, -0.2) is 59.0 Å². The first-order valence-electron chi connectivity index (χ1n) is 10.3. The molecule has 28 heavy (non-hydrogen) atoms. The Morgan fingerprint density at radius 2 is 2.14 bits per heavy atom. The maximum atomic E-state index is 12.8. The molecule has 1 aromatic heterocycles. The molecular formula is C21H31N3O4. The minimum absolute atomic E-state index is 0.0179. The van der Waals surface area contributed by atoms with E-state index in [0.29, 0.717) is 24.8 Å². The number of hydrogen-bond donors (Lipinski definition) is 2. The molecule has 3 heterocycles. The molecule has 4 rings (SSSR count). The summed E-state index contributed by atoms with van der Waals surface area (Å²) in [7, 11) is 0. The Hall–Kier alpha value is -1.86. The molecule has 1 atom stereocenters. The fourth-order valence-corrected chi connectivity index (χ4v) is 4.59.